The first kappa shape index (κ1) is 20.4. The van der Waals surface area contributed by atoms with Gasteiger partial charge in [0, 0.05) is 18.2 Å². The number of carbonyl (C=O) groups is 3. The molecule has 3 rings (SSSR count). The fourth-order valence-corrected chi connectivity index (χ4v) is 2.86. The third-order valence-electron chi connectivity index (χ3n) is 4.21. The number of rotatable bonds is 6. The summed E-state index contributed by atoms with van der Waals surface area (Å²) >= 11 is 0. The summed E-state index contributed by atoms with van der Waals surface area (Å²) in [5, 5.41) is 8.29. The van der Waals surface area contributed by atoms with Gasteiger partial charge in [-0.15, -0.1) is 0 Å². The molecule has 1 unspecified atom stereocenters. The molecule has 11 heteroatoms. The molecule has 1 saturated heterocycles. The average Bonchev–Trinajstić information content (AvgIpc) is 3.29. The van der Waals surface area contributed by atoms with Gasteiger partial charge < -0.3 is 20.1 Å². The number of benzene rings is 1. The molecule has 8 nitrogen and oxygen atoms in total. The first-order chi connectivity index (χ1) is 13.7. The molecule has 1 aliphatic heterocycles. The molecule has 2 heterocycles. The van der Waals surface area contributed by atoms with E-state index in [1.54, 1.807) is 24.3 Å². The number of aromatic nitrogens is 1. The molecule has 0 radical (unpaired) electrons. The smallest absolute Gasteiger partial charge is 0.355 e. The van der Waals surface area contributed by atoms with Crippen molar-refractivity contribution >= 4 is 17.7 Å². The summed E-state index contributed by atoms with van der Waals surface area (Å²) in [4.78, 5) is 36.6. The number of hydrogen-bond donors (Lipinski definition) is 2. The van der Waals surface area contributed by atoms with E-state index in [4.69, 9.17) is 4.52 Å². The minimum Gasteiger partial charge on any atom is -0.355 e. The molecule has 0 aliphatic carbocycles. The van der Waals surface area contributed by atoms with Gasteiger partial charge in [-0.1, -0.05) is 35.5 Å². The van der Waals surface area contributed by atoms with Crippen LogP contribution >= 0.6 is 0 Å². The number of nitrogens with one attached hydrogen (secondary N) is 2. The molecule has 29 heavy (non-hydrogen) atoms. The lowest BCUT2D eigenvalue weighted by Crippen LogP contribution is -2.46. The van der Waals surface area contributed by atoms with Crippen molar-refractivity contribution < 1.29 is 32.1 Å². The van der Waals surface area contributed by atoms with Crippen molar-refractivity contribution in [3.05, 3.63) is 42.1 Å². The highest BCUT2D eigenvalue weighted by atomic mass is 19.4. The molecule has 1 aromatic carbocycles. The first-order valence-electron chi connectivity index (χ1n) is 8.68. The zero-order valence-electron chi connectivity index (χ0n) is 15.0. The zero-order chi connectivity index (χ0) is 21.0. The minimum absolute atomic E-state index is 0.0371. The summed E-state index contributed by atoms with van der Waals surface area (Å²) in [6.07, 6.45) is -4.43. The lowest BCUT2D eigenvalue weighted by molar-refractivity contribution is -0.158. The van der Waals surface area contributed by atoms with Gasteiger partial charge in [-0.05, 0) is 6.42 Å². The van der Waals surface area contributed by atoms with Crippen molar-refractivity contribution in [2.24, 2.45) is 0 Å². The van der Waals surface area contributed by atoms with Gasteiger partial charge in [0.05, 0.1) is 6.54 Å². The number of alkyl halides is 3. The quantitative estimate of drug-likeness (QED) is 0.748. The number of nitrogens with zero attached hydrogens (tertiary/aromatic N) is 2. The largest absolute Gasteiger partial charge is 0.406 e. The number of carbonyl (C=O) groups excluding carboxylic acids is 3. The average molecular weight is 410 g/mol. The van der Waals surface area contributed by atoms with Crippen molar-refractivity contribution in [2.45, 2.75) is 18.6 Å². The van der Waals surface area contributed by atoms with Gasteiger partial charge in [0.25, 0.3) is 5.91 Å². The van der Waals surface area contributed by atoms with Gasteiger partial charge in [0.2, 0.25) is 11.8 Å². The van der Waals surface area contributed by atoms with Crippen molar-refractivity contribution in [3.8, 4) is 11.3 Å². The molecule has 2 N–H and O–H groups in total. The van der Waals surface area contributed by atoms with Crippen LogP contribution in [0.15, 0.2) is 40.9 Å². The number of likely N-dealkylation sites (tertiary alicyclic amines) is 1. The second-order valence-electron chi connectivity index (χ2n) is 6.41. The number of amides is 3. The molecular formula is C18H17F3N4O4. The van der Waals surface area contributed by atoms with Crippen LogP contribution in [0, 0.1) is 0 Å². The fourth-order valence-electron chi connectivity index (χ4n) is 2.86. The van der Waals surface area contributed by atoms with Gasteiger partial charge in [-0.25, -0.2) is 0 Å². The van der Waals surface area contributed by atoms with Gasteiger partial charge in [-0.3, -0.25) is 14.4 Å². The molecule has 1 aromatic heterocycles. The summed E-state index contributed by atoms with van der Waals surface area (Å²) in [7, 11) is 0. The number of halogens is 3. The highest BCUT2D eigenvalue weighted by Gasteiger charge is 2.39. The first-order valence-corrected chi connectivity index (χ1v) is 8.68. The summed E-state index contributed by atoms with van der Waals surface area (Å²) in [5.74, 6) is -1.78. The van der Waals surface area contributed by atoms with Crippen LogP contribution in [0.25, 0.3) is 11.3 Å². The SMILES string of the molecule is O=C(CNC(=O)c1cc(-c2ccccc2)on1)NC1CCN(CC(F)(F)F)C1=O. The van der Waals surface area contributed by atoms with Crippen molar-refractivity contribution in [2.75, 3.05) is 19.6 Å². The Bertz CT molecular complexity index is 898. The molecule has 0 bridgehead atoms. The van der Waals surface area contributed by atoms with Crippen molar-refractivity contribution in [3.63, 3.8) is 0 Å². The Morgan fingerprint density at radius 3 is 2.66 bits per heavy atom. The summed E-state index contributed by atoms with van der Waals surface area (Å²) in [5.41, 5.74) is 0.685. The van der Waals surface area contributed by atoms with Gasteiger partial charge >= 0.3 is 6.18 Å². The highest BCUT2D eigenvalue weighted by molar-refractivity contribution is 5.96. The van der Waals surface area contributed by atoms with Crippen LogP contribution in [0.1, 0.15) is 16.9 Å². The molecule has 1 fully saturated rings. The van der Waals surface area contributed by atoms with E-state index in [-0.39, 0.29) is 18.7 Å². The zero-order valence-corrected chi connectivity index (χ0v) is 15.0. The lowest BCUT2D eigenvalue weighted by Gasteiger charge is -2.18. The highest BCUT2D eigenvalue weighted by Crippen LogP contribution is 2.21. The third-order valence-corrected chi connectivity index (χ3v) is 4.21. The molecule has 0 saturated carbocycles. The minimum atomic E-state index is -4.50. The molecule has 1 atom stereocenters. The van der Waals surface area contributed by atoms with E-state index in [0.717, 1.165) is 5.56 Å². The Balaban J connectivity index is 1.48. The maximum Gasteiger partial charge on any atom is 0.406 e. The van der Waals surface area contributed by atoms with Gasteiger partial charge in [0.1, 0.15) is 12.6 Å². The Hall–Kier alpha value is -3.37. The van der Waals surface area contributed by atoms with E-state index in [9.17, 15) is 27.6 Å². The maximum atomic E-state index is 12.4. The van der Waals surface area contributed by atoms with E-state index < -0.39 is 43.0 Å². The summed E-state index contributed by atoms with van der Waals surface area (Å²) in [6.45, 7) is -1.92. The van der Waals surface area contributed by atoms with E-state index in [0.29, 0.717) is 10.7 Å². The normalized spacial score (nSPS) is 16.7. The van der Waals surface area contributed by atoms with Crippen LogP contribution in [-0.4, -0.2) is 59.6 Å². The van der Waals surface area contributed by atoms with Crippen LogP contribution in [0.4, 0.5) is 13.2 Å². The predicted octanol–water partition coefficient (Wildman–Crippen LogP) is 1.35. The second-order valence-corrected chi connectivity index (χ2v) is 6.41. The summed E-state index contributed by atoms with van der Waals surface area (Å²) < 4.78 is 42.3. The Labute approximate surface area is 163 Å². The monoisotopic (exact) mass is 410 g/mol. The fraction of sp³-hybridized carbons (Fsp3) is 0.333. The third kappa shape index (κ3) is 5.33. The van der Waals surface area contributed by atoms with Crippen molar-refractivity contribution in [1.82, 2.24) is 20.7 Å². The molecule has 0 spiro atoms. The Morgan fingerprint density at radius 1 is 1.24 bits per heavy atom. The molecule has 2 aromatic rings. The number of hydrogen-bond acceptors (Lipinski definition) is 5. The summed E-state index contributed by atoms with van der Waals surface area (Å²) in [6, 6.07) is 9.33. The van der Waals surface area contributed by atoms with E-state index in [2.05, 4.69) is 15.8 Å². The topological polar surface area (TPSA) is 105 Å². The van der Waals surface area contributed by atoms with E-state index in [1.807, 2.05) is 6.07 Å². The lowest BCUT2D eigenvalue weighted by atomic mass is 10.1. The van der Waals surface area contributed by atoms with E-state index in [1.165, 1.54) is 6.07 Å². The molecule has 1 aliphatic rings. The second kappa shape index (κ2) is 8.33. The van der Waals surface area contributed by atoms with Crippen molar-refractivity contribution in [1.29, 1.82) is 0 Å². The van der Waals surface area contributed by atoms with Gasteiger partial charge in [0.15, 0.2) is 11.5 Å². The van der Waals surface area contributed by atoms with Crippen LogP contribution in [0.3, 0.4) is 0 Å². The van der Waals surface area contributed by atoms with Crippen LogP contribution < -0.4 is 10.6 Å². The van der Waals surface area contributed by atoms with E-state index >= 15 is 0 Å². The predicted molar refractivity (Wildman–Crippen MR) is 93.5 cm³/mol. The Kier molecular flexibility index (Phi) is 5.85. The standard InChI is InChI=1S/C18H17F3N4O4/c19-18(20,21)10-25-7-6-12(17(25)28)23-15(26)9-22-16(27)13-8-14(29-24-13)11-4-2-1-3-5-11/h1-5,8,12H,6-7,9-10H2,(H,22,27)(H,23,26). The van der Waals surface area contributed by atoms with Crippen LogP contribution in [0.5, 0.6) is 0 Å². The molecular weight excluding hydrogens is 393 g/mol. The van der Waals surface area contributed by atoms with Crippen LogP contribution in [-0.2, 0) is 9.59 Å². The van der Waals surface area contributed by atoms with Gasteiger partial charge in [-0.2, -0.15) is 13.2 Å². The maximum absolute atomic E-state index is 12.4. The molecule has 3 amide bonds. The molecule has 154 valence electrons. The Morgan fingerprint density at radius 2 is 1.97 bits per heavy atom. The van der Waals surface area contributed by atoms with Crippen LogP contribution in [0.2, 0.25) is 0 Å².